The van der Waals surface area contributed by atoms with Crippen LogP contribution in [0, 0.1) is 0 Å². The SMILES string of the molecule is CCC(C)Oc1ccc(/C=C/C(=O)O)cc1Cl. The van der Waals surface area contributed by atoms with Gasteiger partial charge in [-0.25, -0.2) is 4.79 Å². The fourth-order valence-electron chi connectivity index (χ4n) is 1.18. The van der Waals surface area contributed by atoms with Gasteiger partial charge < -0.3 is 9.84 Å². The molecule has 92 valence electrons. The van der Waals surface area contributed by atoms with Crippen LogP contribution in [0.1, 0.15) is 25.8 Å². The van der Waals surface area contributed by atoms with E-state index in [0.717, 1.165) is 18.1 Å². The lowest BCUT2D eigenvalue weighted by atomic mass is 10.2. The molecule has 1 unspecified atom stereocenters. The summed E-state index contributed by atoms with van der Waals surface area (Å²) in [6.45, 7) is 4.00. The molecular weight excluding hydrogens is 240 g/mol. The molecule has 4 heteroatoms. The molecule has 0 aromatic heterocycles. The van der Waals surface area contributed by atoms with Crippen LogP contribution in [-0.2, 0) is 4.79 Å². The Kier molecular flexibility index (Phi) is 5.04. The topological polar surface area (TPSA) is 46.5 Å². The summed E-state index contributed by atoms with van der Waals surface area (Å²) in [5.41, 5.74) is 0.730. The van der Waals surface area contributed by atoms with Gasteiger partial charge in [0, 0.05) is 6.08 Å². The van der Waals surface area contributed by atoms with Crippen molar-refractivity contribution in [2.75, 3.05) is 0 Å². The van der Waals surface area contributed by atoms with Gasteiger partial charge in [0.2, 0.25) is 0 Å². The molecule has 1 atom stereocenters. The van der Waals surface area contributed by atoms with Crippen LogP contribution >= 0.6 is 11.6 Å². The van der Waals surface area contributed by atoms with Crippen LogP contribution in [0.25, 0.3) is 6.08 Å². The number of hydrogen-bond donors (Lipinski definition) is 1. The maximum atomic E-state index is 10.4. The first-order chi connectivity index (χ1) is 8.02. The highest BCUT2D eigenvalue weighted by atomic mass is 35.5. The van der Waals surface area contributed by atoms with Gasteiger partial charge in [-0.15, -0.1) is 0 Å². The zero-order chi connectivity index (χ0) is 12.8. The zero-order valence-corrected chi connectivity index (χ0v) is 10.6. The molecule has 0 saturated carbocycles. The first-order valence-corrected chi connectivity index (χ1v) is 5.78. The predicted molar refractivity (Wildman–Crippen MR) is 68.5 cm³/mol. The van der Waals surface area contributed by atoms with Gasteiger partial charge in [-0.1, -0.05) is 24.6 Å². The Balaban J connectivity index is 2.82. The van der Waals surface area contributed by atoms with Crippen LogP contribution in [0.5, 0.6) is 5.75 Å². The number of carbonyl (C=O) groups is 1. The van der Waals surface area contributed by atoms with Crippen LogP contribution in [0.4, 0.5) is 0 Å². The molecule has 0 bridgehead atoms. The van der Waals surface area contributed by atoms with E-state index in [1.165, 1.54) is 6.08 Å². The minimum absolute atomic E-state index is 0.105. The Morgan fingerprint density at radius 2 is 2.29 bits per heavy atom. The molecule has 0 aliphatic carbocycles. The predicted octanol–water partition coefficient (Wildman–Crippen LogP) is 3.62. The fourth-order valence-corrected chi connectivity index (χ4v) is 1.42. The third-order valence-electron chi connectivity index (χ3n) is 2.28. The summed E-state index contributed by atoms with van der Waals surface area (Å²) >= 11 is 6.04. The Labute approximate surface area is 106 Å². The second kappa shape index (κ2) is 6.30. The van der Waals surface area contributed by atoms with Crippen LogP contribution in [0.2, 0.25) is 5.02 Å². The number of aliphatic carboxylic acids is 1. The van der Waals surface area contributed by atoms with Crippen molar-refractivity contribution in [3.63, 3.8) is 0 Å². The maximum absolute atomic E-state index is 10.4. The summed E-state index contributed by atoms with van der Waals surface area (Å²) in [5, 5.41) is 8.99. The minimum atomic E-state index is -0.985. The normalized spacial score (nSPS) is 12.6. The number of hydrogen-bond acceptors (Lipinski definition) is 2. The van der Waals surface area contributed by atoms with E-state index in [4.69, 9.17) is 21.4 Å². The molecule has 0 radical (unpaired) electrons. The van der Waals surface area contributed by atoms with Crippen molar-refractivity contribution in [3.8, 4) is 5.75 Å². The molecule has 1 aromatic rings. The Morgan fingerprint density at radius 3 is 2.82 bits per heavy atom. The van der Waals surface area contributed by atoms with Crippen LogP contribution in [0.15, 0.2) is 24.3 Å². The van der Waals surface area contributed by atoms with Crippen molar-refractivity contribution in [2.24, 2.45) is 0 Å². The number of carboxylic acid groups (broad SMARTS) is 1. The number of halogens is 1. The highest BCUT2D eigenvalue weighted by Gasteiger charge is 2.05. The van der Waals surface area contributed by atoms with Crippen LogP contribution in [-0.4, -0.2) is 17.2 Å². The number of benzene rings is 1. The number of rotatable bonds is 5. The number of ether oxygens (including phenoxy) is 1. The van der Waals surface area contributed by atoms with Crippen LogP contribution in [0.3, 0.4) is 0 Å². The van der Waals surface area contributed by atoms with E-state index in [0.29, 0.717) is 10.8 Å². The van der Waals surface area contributed by atoms with Gasteiger partial charge in [0.1, 0.15) is 5.75 Å². The summed E-state index contributed by atoms with van der Waals surface area (Å²) in [5.74, 6) is -0.366. The Hall–Kier alpha value is -1.48. The fraction of sp³-hybridized carbons (Fsp3) is 0.308. The van der Waals surface area contributed by atoms with Gasteiger partial charge in [0.05, 0.1) is 11.1 Å². The molecule has 1 N–H and O–H groups in total. The first kappa shape index (κ1) is 13.6. The lowest BCUT2D eigenvalue weighted by Gasteiger charge is -2.13. The second-order valence-electron chi connectivity index (χ2n) is 3.70. The van der Waals surface area contributed by atoms with Crippen molar-refractivity contribution < 1.29 is 14.6 Å². The lowest BCUT2D eigenvalue weighted by molar-refractivity contribution is -0.131. The average molecular weight is 255 g/mol. The molecule has 17 heavy (non-hydrogen) atoms. The van der Waals surface area contributed by atoms with Crippen molar-refractivity contribution in [1.29, 1.82) is 0 Å². The summed E-state index contributed by atoms with van der Waals surface area (Å²) in [6.07, 6.45) is 3.56. The molecule has 0 aliphatic heterocycles. The molecule has 0 heterocycles. The largest absolute Gasteiger partial charge is 0.489 e. The number of carboxylic acids is 1. The summed E-state index contributed by atoms with van der Waals surface area (Å²) in [4.78, 5) is 10.4. The summed E-state index contributed by atoms with van der Waals surface area (Å²) in [7, 11) is 0. The van der Waals surface area contributed by atoms with E-state index in [9.17, 15) is 4.79 Å². The van der Waals surface area contributed by atoms with Gasteiger partial charge in [-0.2, -0.15) is 0 Å². The average Bonchev–Trinajstić information content (AvgIpc) is 2.29. The van der Waals surface area contributed by atoms with E-state index >= 15 is 0 Å². The third-order valence-corrected chi connectivity index (χ3v) is 2.57. The van der Waals surface area contributed by atoms with E-state index in [-0.39, 0.29) is 6.10 Å². The molecule has 0 spiro atoms. The van der Waals surface area contributed by atoms with Crippen molar-refractivity contribution in [2.45, 2.75) is 26.4 Å². The molecule has 0 saturated heterocycles. The molecule has 3 nitrogen and oxygen atoms in total. The minimum Gasteiger partial charge on any atom is -0.489 e. The smallest absolute Gasteiger partial charge is 0.328 e. The van der Waals surface area contributed by atoms with E-state index in [1.54, 1.807) is 18.2 Å². The van der Waals surface area contributed by atoms with Gasteiger partial charge in [-0.3, -0.25) is 0 Å². The highest BCUT2D eigenvalue weighted by Crippen LogP contribution is 2.27. The zero-order valence-electron chi connectivity index (χ0n) is 9.81. The maximum Gasteiger partial charge on any atom is 0.328 e. The standard InChI is InChI=1S/C13H15ClO3/c1-3-9(2)17-12-6-4-10(8-11(12)14)5-7-13(15)16/h4-9H,3H2,1-2H3,(H,15,16)/b7-5+. The monoisotopic (exact) mass is 254 g/mol. The highest BCUT2D eigenvalue weighted by molar-refractivity contribution is 6.32. The van der Waals surface area contributed by atoms with E-state index in [1.807, 2.05) is 13.8 Å². The van der Waals surface area contributed by atoms with Crippen molar-refractivity contribution in [1.82, 2.24) is 0 Å². The Bertz CT molecular complexity index is 427. The van der Waals surface area contributed by atoms with Gasteiger partial charge in [0.15, 0.2) is 0 Å². The first-order valence-electron chi connectivity index (χ1n) is 5.40. The Morgan fingerprint density at radius 1 is 1.59 bits per heavy atom. The third kappa shape index (κ3) is 4.49. The van der Waals surface area contributed by atoms with Crippen molar-refractivity contribution in [3.05, 3.63) is 34.9 Å². The lowest BCUT2D eigenvalue weighted by Crippen LogP contribution is -2.09. The van der Waals surface area contributed by atoms with E-state index in [2.05, 4.69) is 0 Å². The molecule has 0 amide bonds. The molecule has 0 fully saturated rings. The second-order valence-corrected chi connectivity index (χ2v) is 4.11. The quantitative estimate of drug-likeness (QED) is 0.817. The van der Waals surface area contributed by atoms with Gasteiger partial charge in [0.25, 0.3) is 0 Å². The van der Waals surface area contributed by atoms with Gasteiger partial charge >= 0.3 is 5.97 Å². The van der Waals surface area contributed by atoms with E-state index < -0.39 is 5.97 Å². The summed E-state index contributed by atoms with van der Waals surface area (Å²) < 4.78 is 5.60. The molecule has 1 rings (SSSR count). The molecular formula is C13H15ClO3. The van der Waals surface area contributed by atoms with Gasteiger partial charge in [-0.05, 0) is 37.1 Å². The van der Waals surface area contributed by atoms with Crippen molar-refractivity contribution >= 4 is 23.6 Å². The molecule has 0 aliphatic rings. The summed E-state index contributed by atoms with van der Waals surface area (Å²) in [6, 6.07) is 5.19. The van der Waals surface area contributed by atoms with Crippen LogP contribution < -0.4 is 4.74 Å². The molecule has 1 aromatic carbocycles.